The van der Waals surface area contributed by atoms with E-state index in [-0.39, 0.29) is 16.4 Å². The van der Waals surface area contributed by atoms with Crippen molar-refractivity contribution in [1.82, 2.24) is 10.1 Å². The molecule has 0 bridgehead atoms. The smallest absolute Gasteiger partial charge is 0.214 e. The number of aromatic nitrogens is 2. The molecule has 0 unspecified atom stereocenters. The number of halogens is 3. The Hall–Kier alpha value is -1.49. The molecule has 3 nitrogen and oxygen atoms in total. The summed E-state index contributed by atoms with van der Waals surface area (Å²) < 4.78 is 30.8. The van der Waals surface area contributed by atoms with Gasteiger partial charge in [0, 0.05) is 5.02 Å². The fourth-order valence-corrected chi connectivity index (χ4v) is 1.23. The Morgan fingerprint density at radius 1 is 1.21 bits per heavy atom. The summed E-state index contributed by atoms with van der Waals surface area (Å²) in [5.41, 5.74) is -0.344. The molecule has 0 N–H and O–H groups in total. The summed E-state index contributed by atoms with van der Waals surface area (Å²) in [6.07, 6.45) is 0.989. The molecule has 1 aromatic carbocycles. The molecule has 0 aliphatic carbocycles. The SMILES string of the molecule is Fc1cc(Cl)cc(F)c1-c1ncon1. The highest BCUT2D eigenvalue weighted by atomic mass is 35.5. The molecule has 2 aromatic rings. The van der Waals surface area contributed by atoms with Crippen molar-refractivity contribution >= 4 is 11.6 Å². The van der Waals surface area contributed by atoms with Crippen LogP contribution in [0.15, 0.2) is 23.0 Å². The van der Waals surface area contributed by atoms with Crippen molar-refractivity contribution in [3.05, 3.63) is 35.2 Å². The minimum absolute atomic E-state index is 0.0211. The summed E-state index contributed by atoms with van der Waals surface area (Å²) >= 11 is 5.44. The third kappa shape index (κ3) is 1.46. The third-order valence-electron chi connectivity index (χ3n) is 1.59. The molecule has 0 amide bonds. The van der Waals surface area contributed by atoms with Gasteiger partial charge in [0.2, 0.25) is 12.2 Å². The van der Waals surface area contributed by atoms with Gasteiger partial charge in [0.15, 0.2) is 0 Å². The van der Waals surface area contributed by atoms with Crippen LogP contribution >= 0.6 is 11.6 Å². The summed E-state index contributed by atoms with van der Waals surface area (Å²) in [5.74, 6) is -1.79. The van der Waals surface area contributed by atoms with Crippen LogP contribution in [0.5, 0.6) is 0 Å². The second kappa shape index (κ2) is 3.34. The zero-order valence-electron chi connectivity index (χ0n) is 6.67. The van der Waals surface area contributed by atoms with Crippen molar-refractivity contribution < 1.29 is 13.3 Å². The van der Waals surface area contributed by atoms with Gasteiger partial charge in [-0.2, -0.15) is 4.98 Å². The van der Waals surface area contributed by atoms with Crippen molar-refractivity contribution in [3.63, 3.8) is 0 Å². The number of nitrogens with zero attached hydrogens (tertiary/aromatic N) is 2. The molecule has 0 aliphatic heterocycles. The van der Waals surface area contributed by atoms with Crippen LogP contribution in [0, 0.1) is 11.6 Å². The van der Waals surface area contributed by atoms with Crippen molar-refractivity contribution in [2.75, 3.05) is 0 Å². The zero-order valence-corrected chi connectivity index (χ0v) is 7.42. The van der Waals surface area contributed by atoms with E-state index in [1.54, 1.807) is 0 Å². The Morgan fingerprint density at radius 3 is 2.36 bits per heavy atom. The Labute approximate surface area is 82.3 Å². The van der Waals surface area contributed by atoms with Crippen LogP contribution < -0.4 is 0 Å². The second-order valence-corrected chi connectivity index (χ2v) is 2.94. The maximum absolute atomic E-state index is 13.2. The fraction of sp³-hybridized carbons (Fsp3) is 0. The molecule has 0 atom stereocenters. The summed E-state index contributed by atoms with van der Waals surface area (Å²) in [4.78, 5) is 3.54. The first-order chi connectivity index (χ1) is 6.68. The van der Waals surface area contributed by atoms with E-state index in [9.17, 15) is 8.78 Å². The van der Waals surface area contributed by atoms with E-state index in [1.807, 2.05) is 0 Å². The van der Waals surface area contributed by atoms with E-state index < -0.39 is 11.6 Å². The van der Waals surface area contributed by atoms with E-state index in [4.69, 9.17) is 11.6 Å². The highest BCUT2D eigenvalue weighted by molar-refractivity contribution is 6.30. The number of hydrogen-bond donors (Lipinski definition) is 0. The molecule has 72 valence electrons. The molecule has 0 saturated heterocycles. The lowest BCUT2D eigenvalue weighted by Gasteiger charge is -1.99. The number of benzene rings is 1. The lowest BCUT2D eigenvalue weighted by atomic mass is 10.2. The van der Waals surface area contributed by atoms with Crippen molar-refractivity contribution in [2.24, 2.45) is 0 Å². The van der Waals surface area contributed by atoms with Gasteiger partial charge in [0.05, 0.1) is 5.56 Å². The Bertz CT molecular complexity index is 435. The fourth-order valence-electron chi connectivity index (χ4n) is 1.04. The molecule has 1 heterocycles. The van der Waals surface area contributed by atoms with Crippen molar-refractivity contribution in [2.45, 2.75) is 0 Å². The molecule has 0 radical (unpaired) electrons. The van der Waals surface area contributed by atoms with Crippen molar-refractivity contribution in [3.8, 4) is 11.4 Å². The van der Waals surface area contributed by atoms with Gasteiger partial charge >= 0.3 is 0 Å². The van der Waals surface area contributed by atoms with Gasteiger partial charge in [-0.1, -0.05) is 16.8 Å². The molecular formula is C8H3ClF2N2O. The van der Waals surface area contributed by atoms with Crippen LogP contribution in [-0.4, -0.2) is 10.1 Å². The highest BCUT2D eigenvalue weighted by Gasteiger charge is 2.16. The van der Waals surface area contributed by atoms with Gasteiger partial charge in [-0.3, -0.25) is 0 Å². The van der Waals surface area contributed by atoms with E-state index in [1.165, 1.54) is 0 Å². The molecule has 0 saturated carbocycles. The molecule has 0 aliphatic rings. The maximum Gasteiger partial charge on any atom is 0.214 e. The lowest BCUT2D eigenvalue weighted by Crippen LogP contribution is -1.91. The lowest BCUT2D eigenvalue weighted by molar-refractivity contribution is 0.418. The predicted molar refractivity (Wildman–Crippen MR) is 44.7 cm³/mol. The van der Waals surface area contributed by atoms with Crippen LogP contribution in [0.1, 0.15) is 0 Å². The second-order valence-electron chi connectivity index (χ2n) is 2.50. The van der Waals surface area contributed by atoms with Gasteiger partial charge in [0.1, 0.15) is 11.6 Å². The average molecular weight is 217 g/mol. The summed E-state index contributed by atoms with van der Waals surface area (Å²) in [5, 5.41) is 3.31. The van der Waals surface area contributed by atoms with Crippen LogP contribution in [0.2, 0.25) is 5.02 Å². The van der Waals surface area contributed by atoms with Gasteiger partial charge in [0.25, 0.3) is 0 Å². The standard InChI is InChI=1S/C8H3ClF2N2O/c9-4-1-5(10)7(6(11)2-4)8-12-3-14-13-8/h1-3H. The van der Waals surface area contributed by atoms with Crippen LogP contribution in [0.25, 0.3) is 11.4 Å². The normalized spacial score (nSPS) is 10.5. The molecule has 0 spiro atoms. The molecule has 14 heavy (non-hydrogen) atoms. The average Bonchev–Trinajstić information content (AvgIpc) is 2.54. The van der Waals surface area contributed by atoms with Crippen LogP contribution in [0.4, 0.5) is 8.78 Å². The van der Waals surface area contributed by atoms with Crippen LogP contribution in [-0.2, 0) is 0 Å². The van der Waals surface area contributed by atoms with Gasteiger partial charge in [-0.05, 0) is 12.1 Å². The monoisotopic (exact) mass is 216 g/mol. The summed E-state index contributed by atoms with van der Waals surface area (Å²) in [7, 11) is 0. The highest BCUT2D eigenvalue weighted by Crippen LogP contribution is 2.25. The van der Waals surface area contributed by atoms with Gasteiger partial charge in [-0.15, -0.1) is 0 Å². The number of rotatable bonds is 1. The third-order valence-corrected chi connectivity index (χ3v) is 1.81. The quantitative estimate of drug-likeness (QED) is 0.736. The number of hydrogen-bond acceptors (Lipinski definition) is 3. The first-order valence-electron chi connectivity index (χ1n) is 3.60. The molecule has 6 heteroatoms. The van der Waals surface area contributed by atoms with Crippen LogP contribution in [0.3, 0.4) is 0 Å². The van der Waals surface area contributed by atoms with Gasteiger partial charge < -0.3 is 4.52 Å². The van der Waals surface area contributed by atoms with E-state index in [2.05, 4.69) is 14.7 Å². The molecule has 2 rings (SSSR count). The molecule has 1 aromatic heterocycles. The summed E-state index contributed by atoms with van der Waals surface area (Å²) in [6.45, 7) is 0. The summed E-state index contributed by atoms with van der Waals surface area (Å²) in [6, 6.07) is 1.96. The minimum Gasteiger partial charge on any atom is -0.342 e. The topological polar surface area (TPSA) is 38.9 Å². The van der Waals surface area contributed by atoms with E-state index >= 15 is 0 Å². The first kappa shape index (κ1) is 9.08. The maximum atomic E-state index is 13.2. The zero-order chi connectivity index (χ0) is 10.1. The van der Waals surface area contributed by atoms with Crippen molar-refractivity contribution in [1.29, 1.82) is 0 Å². The minimum atomic E-state index is -0.823. The molecule has 0 fully saturated rings. The Morgan fingerprint density at radius 2 is 1.86 bits per heavy atom. The molecular weight excluding hydrogens is 214 g/mol. The van der Waals surface area contributed by atoms with Gasteiger partial charge in [-0.25, -0.2) is 8.78 Å². The Balaban J connectivity index is 2.64. The van der Waals surface area contributed by atoms with E-state index in [0.717, 1.165) is 18.5 Å². The largest absolute Gasteiger partial charge is 0.342 e. The Kier molecular flexibility index (Phi) is 2.17. The predicted octanol–water partition coefficient (Wildman–Crippen LogP) is 2.67. The van der Waals surface area contributed by atoms with E-state index in [0.29, 0.717) is 0 Å². The first-order valence-corrected chi connectivity index (χ1v) is 3.97.